The van der Waals surface area contributed by atoms with E-state index in [0.29, 0.717) is 17.2 Å². The molecule has 0 aliphatic heterocycles. The molecule has 0 amide bonds. The highest BCUT2D eigenvalue weighted by Crippen LogP contribution is 2.35. The lowest BCUT2D eigenvalue weighted by Gasteiger charge is -2.08. The van der Waals surface area contributed by atoms with Crippen molar-refractivity contribution in [3.63, 3.8) is 0 Å². The Bertz CT molecular complexity index is 1030. The van der Waals surface area contributed by atoms with Crippen molar-refractivity contribution in [1.29, 1.82) is 0 Å². The van der Waals surface area contributed by atoms with Crippen LogP contribution in [0.2, 0.25) is 0 Å². The van der Waals surface area contributed by atoms with Gasteiger partial charge in [0.1, 0.15) is 11.5 Å². The average Bonchev–Trinajstić information content (AvgIpc) is 3.15. The molecule has 3 rings (SSSR count). The second-order valence-corrected chi connectivity index (χ2v) is 8.25. The number of aromatic nitrogens is 1. The zero-order valence-electron chi connectivity index (χ0n) is 15.2. The smallest absolute Gasteiger partial charge is 0.263 e. The third-order valence-electron chi connectivity index (χ3n) is 4.05. The summed E-state index contributed by atoms with van der Waals surface area (Å²) in [6.45, 7) is 2.02. The van der Waals surface area contributed by atoms with Gasteiger partial charge in [-0.25, -0.2) is 13.4 Å². The Labute approximate surface area is 162 Å². The maximum Gasteiger partial charge on any atom is 0.263 e. The van der Waals surface area contributed by atoms with E-state index in [9.17, 15) is 8.42 Å². The van der Waals surface area contributed by atoms with Gasteiger partial charge in [-0.1, -0.05) is 19.1 Å². The average molecular weight is 405 g/mol. The van der Waals surface area contributed by atoms with Crippen LogP contribution in [0.4, 0.5) is 5.13 Å². The first-order valence-electron chi connectivity index (χ1n) is 8.26. The first kappa shape index (κ1) is 19.2. The molecular weight excluding hydrogens is 384 g/mol. The minimum absolute atomic E-state index is 0.204. The summed E-state index contributed by atoms with van der Waals surface area (Å²) in [5, 5.41) is 2.06. The van der Waals surface area contributed by atoms with Crippen molar-refractivity contribution in [3.05, 3.63) is 53.4 Å². The van der Waals surface area contributed by atoms with E-state index in [4.69, 9.17) is 9.47 Å². The van der Waals surface area contributed by atoms with Gasteiger partial charge in [0.2, 0.25) is 0 Å². The number of hydrogen-bond acceptors (Lipinski definition) is 6. The van der Waals surface area contributed by atoms with E-state index in [1.54, 1.807) is 49.9 Å². The number of hydrogen-bond donors (Lipinski definition) is 1. The lowest BCUT2D eigenvalue weighted by Crippen LogP contribution is -2.12. The fraction of sp³-hybridized carbons (Fsp3) is 0.211. The molecule has 27 heavy (non-hydrogen) atoms. The lowest BCUT2D eigenvalue weighted by atomic mass is 10.1. The fourth-order valence-electron chi connectivity index (χ4n) is 2.54. The number of benzene rings is 2. The topological polar surface area (TPSA) is 77.5 Å². The summed E-state index contributed by atoms with van der Waals surface area (Å²) in [6, 6.07) is 12.2. The Morgan fingerprint density at radius 2 is 1.81 bits per heavy atom. The standard InChI is InChI=1S/C19H20N2O4S2/c1-4-13-5-8-15(9-6-13)27(22,23)21-19-20-17(12-26-19)16-11-14(24-2)7-10-18(16)25-3/h5-12H,4H2,1-3H3,(H,20,21). The first-order chi connectivity index (χ1) is 13.0. The van der Waals surface area contributed by atoms with Crippen LogP contribution in [-0.4, -0.2) is 27.6 Å². The Morgan fingerprint density at radius 3 is 2.44 bits per heavy atom. The van der Waals surface area contributed by atoms with Crippen molar-refractivity contribution in [2.24, 2.45) is 0 Å². The molecule has 3 aromatic rings. The van der Waals surface area contributed by atoms with Crippen LogP contribution < -0.4 is 14.2 Å². The van der Waals surface area contributed by atoms with E-state index in [2.05, 4.69) is 9.71 Å². The van der Waals surface area contributed by atoms with Crippen LogP contribution in [0.25, 0.3) is 11.3 Å². The van der Waals surface area contributed by atoms with E-state index in [1.165, 1.54) is 11.3 Å². The highest BCUT2D eigenvalue weighted by atomic mass is 32.2. The van der Waals surface area contributed by atoms with Gasteiger partial charge in [0, 0.05) is 10.9 Å². The summed E-state index contributed by atoms with van der Waals surface area (Å²) in [5.41, 5.74) is 2.41. The molecule has 0 unspecified atom stereocenters. The zero-order chi connectivity index (χ0) is 19.4. The number of ether oxygens (including phenoxy) is 2. The molecular formula is C19H20N2O4S2. The predicted octanol–water partition coefficient (Wildman–Crippen LogP) is 4.19. The molecule has 1 aromatic heterocycles. The molecule has 0 saturated heterocycles. The number of nitrogens with zero attached hydrogens (tertiary/aromatic N) is 1. The molecule has 8 heteroatoms. The number of methoxy groups -OCH3 is 2. The molecule has 142 valence electrons. The van der Waals surface area contributed by atoms with Gasteiger partial charge in [0.15, 0.2) is 5.13 Å². The van der Waals surface area contributed by atoms with Gasteiger partial charge < -0.3 is 9.47 Å². The summed E-state index contributed by atoms with van der Waals surface area (Å²) in [7, 11) is -0.544. The van der Waals surface area contributed by atoms with E-state index in [-0.39, 0.29) is 10.0 Å². The number of sulfonamides is 1. The number of thiazole rings is 1. The van der Waals surface area contributed by atoms with Crippen LogP contribution in [0, 0.1) is 0 Å². The SMILES string of the molecule is CCc1ccc(S(=O)(=O)Nc2nc(-c3cc(OC)ccc3OC)cs2)cc1. The molecule has 0 radical (unpaired) electrons. The second kappa shape index (κ2) is 7.98. The molecule has 1 heterocycles. The van der Waals surface area contributed by atoms with Gasteiger partial charge in [-0.05, 0) is 42.3 Å². The predicted molar refractivity (Wildman–Crippen MR) is 107 cm³/mol. The summed E-state index contributed by atoms with van der Waals surface area (Å²) < 4.78 is 38.3. The molecule has 0 aliphatic carbocycles. The van der Waals surface area contributed by atoms with Crippen molar-refractivity contribution in [2.75, 3.05) is 18.9 Å². The summed E-state index contributed by atoms with van der Waals surface area (Å²) >= 11 is 1.21. The second-order valence-electron chi connectivity index (χ2n) is 5.71. The third kappa shape index (κ3) is 4.23. The Balaban J connectivity index is 1.87. The van der Waals surface area contributed by atoms with E-state index >= 15 is 0 Å². The van der Waals surface area contributed by atoms with Crippen LogP contribution >= 0.6 is 11.3 Å². The van der Waals surface area contributed by atoms with Crippen molar-refractivity contribution in [2.45, 2.75) is 18.2 Å². The van der Waals surface area contributed by atoms with Gasteiger partial charge in [0.25, 0.3) is 10.0 Å². The van der Waals surface area contributed by atoms with Gasteiger partial charge in [-0.2, -0.15) is 0 Å². The van der Waals surface area contributed by atoms with Gasteiger partial charge in [-0.15, -0.1) is 11.3 Å². The fourth-order valence-corrected chi connectivity index (χ4v) is 4.50. The van der Waals surface area contributed by atoms with Gasteiger partial charge in [0.05, 0.1) is 24.8 Å². The van der Waals surface area contributed by atoms with Crippen molar-refractivity contribution < 1.29 is 17.9 Å². The number of rotatable bonds is 7. The van der Waals surface area contributed by atoms with Gasteiger partial charge >= 0.3 is 0 Å². The minimum atomic E-state index is -3.69. The largest absolute Gasteiger partial charge is 0.497 e. The Morgan fingerprint density at radius 1 is 1.07 bits per heavy atom. The molecule has 0 spiro atoms. The van der Waals surface area contributed by atoms with E-state index < -0.39 is 10.0 Å². The summed E-state index contributed by atoms with van der Waals surface area (Å²) in [6.07, 6.45) is 0.853. The van der Waals surface area contributed by atoms with Crippen LogP contribution in [0.1, 0.15) is 12.5 Å². The third-order valence-corrected chi connectivity index (χ3v) is 6.29. The van der Waals surface area contributed by atoms with Crippen LogP contribution in [-0.2, 0) is 16.4 Å². The summed E-state index contributed by atoms with van der Waals surface area (Å²) in [4.78, 5) is 4.61. The quantitative estimate of drug-likeness (QED) is 0.639. The van der Waals surface area contributed by atoms with Crippen molar-refractivity contribution >= 4 is 26.5 Å². The van der Waals surface area contributed by atoms with Crippen LogP contribution in [0.3, 0.4) is 0 Å². The Hall–Kier alpha value is -2.58. The van der Waals surface area contributed by atoms with Crippen molar-refractivity contribution in [1.82, 2.24) is 4.98 Å². The van der Waals surface area contributed by atoms with Crippen LogP contribution in [0.15, 0.2) is 52.7 Å². The lowest BCUT2D eigenvalue weighted by molar-refractivity contribution is 0.404. The molecule has 2 aromatic carbocycles. The molecule has 0 atom stereocenters. The monoisotopic (exact) mass is 404 g/mol. The first-order valence-corrected chi connectivity index (χ1v) is 10.6. The molecule has 0 fully saturated rings. The molecule has 0 aliphatic rings. The molecule has 0 bridgehead atoms. The normalized spacial score (nSPS) is 11.2. The number of anilines is 1. The number of aryl methyl sites for hydroxylation is 1. The van der Waals surface area contributed by atoms with E-state index in [0.717, 1.165) is 17.5 Å². The number of nitrogens with one attached hydrogen (secondary N) is 1. The van der Waals surface area contributed by atoms with Gasteiger partial charge in [-0.3, -0.25) is 4.72 Å². The molecule has 1 N–H and O–H groups in total. The maximum atomic E-state index is 12.6. The molecule has 6 nitrogen and oxygen atoms in total. The zero-order valence-corrected chi connectivity index (χ0v) is 16.9. The minimum Gasteiger partial charge on any atom is -0.497 e. The highest BCUT2D eigenvalue weighted by molar-refractivity contribution is 7.93. The maximum absolute atomic E-state index is 12.6. The van der Waals surface area contributed by atoms with E-state index in [1.807, 2.05) is 19.1 Å². The van der Waals surface area contributed by atoms with Crippen molar-refractivity contribution in [3.8, 4) is 22.8 Å². The Kier molecular flexibility index (Phi) is 5.67. The van der Waals surface area contributed by atoms with Crippen LogP contribution in [0.5, 0.6) is 11.5 Å². The summed E-state index contributed by atoms with van der Waals surface area (Å²) in [5.74, 6) is 1.29. The highest BCUT2D eigenvalue weighted by Gasteiger charge is 2.18. The molecule has 0 saturated carbocycles.